The van der Waals surface area contributed by atoms with Crippen LogP contribution in [0.1, 0.15) is 25.0 Å². The maximum atomic E-state index is 15.1. The Morgan fingerprint density at radius 1 is 1.18 bits per heavy atom. The number of carbonyl (C=O) groups is 2. The Kier molecular flexibility index (Phi) is 7.94. The zero-order chi connectivity index (χ0) is 26.9. The van der Waals surface area contributed by atoms with Gasteiger partial charge in [-0.15, -0.1) is 17.5 Å². The predicted molar refractivity (Wildman–Crippen MR) is 144 cm³/mol. The lowest BCUT2D eigenvalue weighted by Gasteiger charge is -2.23. The van der Waals surface area contributed by atoms with Crippen LogP contribution < -0.4 is 10.6 Å². The lowest BCUT2D eigenvalue weighted by molar-refractivity contribution is -0.122. The number of benzene rings is 1. The normalized spacial score (nSPS) is 22.5. The number of nitrogens with two attached hydrogens (primary N) is 1. The largest absolute Gasteiger partial charge is 0.442 e. The van der Waals surface area contributed by atoms with Crippen molar-refractivity contribution in [1.29, 1.82) is 0 Å². The number of likely N-dealkylation sites (tertiary alicyclic amines) is 1. The molecule has 5 heterocycles. The van der Waals surface area contributed by atoms with Crippen LogP contribution in [0.5, 0.6) is 0 Å². The van der Waals surface area contributed by atoms with E-state index in [0.29, 0.717) is 47.7 Å². The number of pyridine rings is 1. The zero-order valence-electron chi connectivity index (χ0n) is 21.4. The molecule has 2 fully saturated rings. The molecule has 210 valence electrons. The third-order valence-corrected chi connectivity index (χ3v) is 7.23. The summed E-state index contributed by atoms with van der Waals surface area (Å²) in [5, 5.41) is 11.8. The molecule has 3 aromatic rings. The first-order valence-electron chi connectivity index (χ1n) is 12.8. The van der Waals surface area contributed by atoms with Crippen molar-refractivity contribution in [1.82, 2.24) is 24.9 Å². The number of nitrogens with zero attached hydrogens (tertiary/aromatic N) is 7. The molecule has 0 aliphatic carbocycles. The Hall–Kier alpha value is -4.10. The quantitative estimate of drug-likeness (QED) is 0.435. The van der Waals surface area contributed by atoms with E-state index in [4.69, 9.17) is 15.3 Å². The number of halogens is 2. The average molecular weight is 571 g/mol. The molecule has 0 unspecified atom stereocenters. The number of anilines is 1. The summed E-state index contributed by atoms with van der Waals surface area (Å²) < 4.78 is 22.1. The molecule has 0 saturated carbocycles. The van der Waals surface area contributed by atoms with E-state index in [9.17, 15) is 9.59 Å². The Morgan fingerprint density at radius 3 is 2.77 bits per heavy atom. The molecule has 0 spiro atoms. The first kappa shape index (κ1) is 27.5. The molecule has 0 bridgehead atoms. The predicted octanol–water partition coefficient (Wildman–Crippen LogP) is 2.37. The van der Waals surface area contributed by atoms with Gasteiger partial charge in [-0.25, -0.2) is 13.9 Å². The second kappa shape index (κ2) is 11.6. The number of cyclic esters (lactones) is 1. The van der Waals surface area contributed by atoms with Crippen LogP contribution in [0.4, 0.5) is 14.9 Å². The molecule has 0 radical (unpaired) electrons. The third-order valence-electron chi connectivity index (χ3n) is 7.23. The molecule has 3 aliphatic rings. The fourth-order valence-corrected chi connectivity index (χ4v) is 5.30. The van der Waals surface area contributed by atoms with Crippen LogP contribution in [0.25, 0.3) is 11.1 Å². The summed E-state index contributed by atoms with van der Waals surface area (Å²) in [5.74, 6) is -0.789. The topological polar surface area (TPSA) is 141 Å². The Labute approximate surface area is 235 Å². The molecule has 2 saturated heterocycles. The molecule has 6 rings (SSSR count). The number of oxime groups is 1. The summed E-state index contributed by atoms with van der Waals surface area (Å²) >= 11 is 0. The second-order valence-corrected chi connectivity index (χ2v) is 9.86. The minimum atomic E-state index is -0.536. The smallest absolute Gasteiger partial charge is 0.414 e. The Balaban J connectivity index is 0.00000323. The van der Waals surface area contributed by atoms with E-state index in [1.165, 1.54) is 11.0 Å². The van der Waals surface area contributed by atoms with Crippen LogP contribution in [-0.4, -0.2) is 80.5 Å². The van der Waals surface area contributed by atoms with Gasteiger partial charge in [-0.1, -0.05) is 16.4 Å². The lowest BCUT2D eigenvalue weighted by atomic mass is 10.0. The molecule has 14 heteroatoms. The molecule has 2 amide bonds. The summed E-state index contributed by atoms with van der Waals surface area (Å²) in [4.78, 5) is 37.6. The van der Waals surface area contributed by atoms with E-state index in [1.807, 2.05) is 4.90 Å². The number of hydrogen-bond donors (Lipinski definition) is 1. The summed E-state index contributed by atoms with van der Waals surface area (Å²) in [5.41, 5.74) is 8.22. The van der Waals surface area contributed by atoms with Crippen LogP contribution in [0, 0.1) is 5.82 Å². The molecule has 1 aromatic carbocycles. The fourth-order valence-electron chi connectivity index (χ4n) is 5.30. The minimum Gasteiger partial charge on any atom is -0.442 e. The zero-order valence-corrected chi connectivity index (χ0v) is 22.2. The number of carbonyl (C=O) groups excluding carboxylic acids is 2. The van der Waals surface area contributed by atoms with Crippen LogP contribution in [-0.2, 0) is 20.9 Å². The van der Waals surface area contributed by atoms with Crippen molar-refractivity contribution >= 4 is 35.8 Å². The van der Waals surface area contributed by atoms with Crippen LogP contribution in [0.2, 0.25) is 0 Å². The molecular weight excluding hydrogens is 543 g/mol. The molecular formula is C26H28ClFN8O4. The summed E-state index contributed by atoms with van der Waals surface area (Å²) in [6.45, 7) is 2.02. The van der Waals surface area contributed by atoms with Gasteiger partial charge in [0.25, 0.3) is 0 Å². The molecule has 2 N–H and O–H groups in total. The van der Waals surface area contributed by atoms with Crippen molar-refractivity contribution in [3.8, 4) is 11.1 Å². The number of rotatable bonds is 8. The SMILES string of the molecule is Cl.NC(=O)[C@@H]1CCCN1C[C@@H]1CC(c2ccc(-c3ccc(N4C[C@H](Cn5ccnn5)OC4=O)cc3F)cn2)=NO1. The van der Waals surface area contributed by atoms with Crippen molar-refractivity contribution in [3.63, 3.8) is 0 Å². The van der Waals surface area contributed by atoms with Gasteiger partial charge >= 0.3 is 6.09 Å². The van der Waals surface area contributed by atoms with Gasteiger partial charge < -0.3 is 15.3 Å². The Morgan fingerprint density at radius 2 is 2.05 bits per heavy atom. The van der Waals surface area contributed by atoms with Gasteiger partial charge in [0.15, 0.2) is 0 Å². The van der Waals surface area contributed by atoms with Gasteiger partial charge in [-0.2, -0.15) is 0 Å². The number of aromatic nitrogens is 4. The van der Waals surface area contributed by atoms with E-state index < -0.39 is 18.0 Å². The summed E-state index contributed by atoms with van der Waals surface area (Å²) in [6.07, 6.45) is 5.94. The van der Waals surface area contributed by atoms with E-state index >= 15 is 4.39 Å². The van der Waals surface area contributed by atoms with E-state index in [1.54, 1.807) is 47.5 Å². The number of amides is 2. The highest BCUT2D eigenvalue weighted by Gasteiger charge is 2.34. The molecule has 12 nitrogen and oxygen atoms in total. The standard InChI is InChI=1S/C26H27FN8O4.ClH/c27-21-10-17(35-15-19(38-26(35)37)14-34-9-7-30-32-34)4-5-20(21)16-3-6-22(29-12-16)23-11-18(39-31-23)13-33-8-1-2-24(33)25(28)36;/h3-7,9-10,12,18-19,24H,1-2,8,11,13-15H2,(H2,28,36);1H/t18-,19-,24-;/m0./s1. The molecule has 3 aliphatic heterocycles. The average Bonchev–Trinajstić information content (AvgIpc) is 3.73. The number of ether oxygens (including phenoxy) is 1. The summed E-state index contributed by atoms with van der Waals surface area (Å²) in [7, 11) is 0. The lowest BCUT2D eigenvalue weighted by Crippen LogP contribution is -2.43. The highest BCUT2D eigenvalue weighted by molar-refractivity contribution is 5.99. The highest BCUT2D eigenvalue weighted by Crippen LogP contribution is 2.30. The third kappa shape index (κ3) is 5.61. The minimum absolute atomic E-state index is 0. The van der Waals surface area contributed by atoms with Crippen molar-refractivity contribution < 1.29 is 23.6 Å². The Bertz CT molecular complexity index is 1400. The van der Waals surface area contributed by atoms with Gasteiger partial charge in [0.05, 0.1) is 36.7 Å². The monoisotopic (exact) mass is 570 g/mol. The van der Waals surface area contributed by atoms with E-state index in [-0.39, 0.29) is 37.0 Å². The van der Waals surface area contributed by atoms with E-state index in [0.717, 1.165) is 19.4 Å². The maximum absolute atomic E-state index is 15.1. The second-order valence-electron chi connectivity index (χ2n) is 9.86. The van der Waals surface area contributed by atoms with Gasteiger partial charge in [0.1, 0.15) is 23.7 Å². The highest BCUT2D eigenvalue weighted by atomic mass is 35.5. The number of hydrogen-bond acceptors (Lipinski definition) is 9. The van der Waals surface area contributed by atoms with Gasteiger partial charge in [0.2, 0.25) is 5.91 Å². The van der Waals surface area contributed by atoms with Crippen molar-refractivity contribution in [2.45, 2.75) is 44.1 Å². The van der Waals surface area contributed by atoms with Crippen molar-refractivity contribution in [3.05, 3.63) is 60.4 Å². The van der Waals surface area contributed by atoms with E-state index in [2.05, 4.69) is 20.5 Å². The van der Waals surface area contributed by atoms with Gasteiger partial charge in [0, 0.05) is 36.5 Å². The molecule has 3 atom stereocenters. The molecule has 40 heavy (non-hydrogen) atoms. The van der Waals surface area contributed by atoms with Crippen molar-refractivity contribution in [2.24, 2.45) is 10.9 Å². The van der Waals surface area contributed by atoms with Gasteiger partial charge in [-0.05, 0) is 43.7 Å². The number of primary amides is 1. The fraction of sp³-hybridized carbons (Fsp3) is 0.385. The summed E-state index contributed by atoms with van der Waals surface area (Å²) in [6, 6.07) is 7.92. The van der Waals surface area contributed by atoms with Crippen LogP contribution in [0.15, 0.2) is 54.1 Å². The first-order valence-corrected chi connectivity index (χ1v) is 12.8. The van der Waals surface area contributed by atoms with Gasteiger partial charge in [-0.3, -0.25) is 19.6 Å². The van der Waals surface area contributed by atoms with Crippen LogP contribution >= 0.6 is 12.4 Å². The molecule has 2 aromatic heterocycles. The first-order chi connectivity index (χ1) is 18.9. The maximum Gasteiger partial charge on any atom is 0.414 e. The van der Waals surface area contributed by atoms with Crippen LogP contribution in [0.3, 0.4) is 0 Å². The van der Waals surface area contributed by atoms with Crippen molar-refractivity contribution in [2.75, 3.05) is 24.5 Å².